The molecule has 0 spiro atoms. The summed E-state index contributed by atoms with van der Waals surface area (Å²) in [6, 6.07) is 4.84. The smallest absolute Gasteiger partial charge is 0.148 e. The van der Waals surface area contributed by atoms with Gasteiger partial charge in [-0.05, 0) is 37.6 Å². The first-order chi connectivity index (χ1) is 7.08. The molecule has 4 heteroatoms. The second-order valence-corrected chi connectivity index (χ2v) is 3.58. The number of nitrogens with zero attached hydrogens (tertiary/aromatic N) is 2. The van der Waals surface area contributed by atoms with E-state index < -0.39 is 0 Å². The summed E-state index contributed by atoms with van der Waals surface area (Å²) in [5, 5.41) is 4.12. The predicted molar refractivity (Wildman–Crippen MR) is 57.4 cm³/mol. The lowest BCUT2D eigenvalue weighted by molar-refractivity contribution is 0.617. The molecule has 0 aliphatic carbocycles. The Morgan fingerprint density at radius 3 is 2.53 bits per heavy atom. The van der Waals surface area contributed by atoms with E-state index in [1.54, 1.807) is 23.7 Å². The van der Waals surface area contributed by atoms with Crippen molar-refractivity contribution in [2.45, 2.75) is 13.8 Å². The number of rotatable bonds is 1. The third-order valence-electron chi connectivity index (χ3n) is 2.34. The van der Waals surface area contributed by atoms with Gasteiger partial charge in [0, 0.05) is 11.8 Å². The van der Waals surface area contributed by atoms with Crippen LogP contribution in [-0.4, -0.2) is 9.78 Å². The summed E-state index contributed by atoms with van der Waals surface area (Å²) < 4.78 is 14.7. The summed E-state index contributed by atoms with van der Waals surface area (Å²) in [6.45, 7) is 3.60. The molecule has 0 unspecified atom stereocenters. The predicted octanol–water partition coefficient (Wildman–Crippen LogP) is 2.21. The SMILES string of the molecule is Cc1cc(-n2cc(C)c(N)n2)ccc1F. The van der Waals surface area contributed by atoms with Crippen molar-refractivity contribution in [2.24, 2.45) is 0 Å². The number of aromatic nitrogens is 2. The van der Waals surface area contributed by atoms with Crippen LogP contribution in [0.15, 0.2) is 24.4 Å². The van der Waals surface area contributed by atoms with Gasteiger partial charge in [0.2, 0.25) is 0 Å². The first-order valence-corrected chi connectivity index (χ1v) is 4.66. The Hall–Kier alpha value is -1.84. The van der Waals surface area contributed by atoms with Crippen molar-refractivity contribution < 1.29 is 4.39 Å². The van der Waals surface area contributed by atoms with Crippen molar-refractivity contribution in [3.63, 3.8) is 0 Å². The van der Waals surface area contributed by atoms with Crippen molar-refractivity contribution in [3.05, 3.63) is 41.3 Å². The number of nitrogens with two attached hydrogens (primary N) is 1. The molecule has 0 atom stereocenters. The zero-order valence-corrected chi connectivity index (χ0v) is 8.66. The molecule has 2 rings (SSSR count). The van der Waals surface area contributed by atoms with Crippen LogP contribution in [-0.2, 0) is 0 Å². The van der Waals surface area contributed by atoms with Gasteiger partial charge < -0.3 is 5.73 Å². The summed E-state index contributed by atoms with van der Waals surface area (Å²) >= 11 is 0. The van der Waals surface area contributed by atoms with Crippen LogP contribution in [0.3, 0.4) is 0 Å². The molecule has 0 saturated carbocycles. The van der Waals surface area contributed by atoms with E-state index >= 15 is 0 Å². The average Bonchev–Trinajstić information content (AvgIpc) is 2.52. The monoisotopic (exact) mass is 205 g/mol. The van der Waals surface area contributed by atoms with E-state index in [2.05, 4.69) is 5.10 Å². The van der Waals surface area contributed by atoms with E-state index in [9.17, 15) is 4.39 Å². The molecule has 1 aromatic carbocycles. The first-order valence-electron chi connectivity index (χ1n) is 4.66. The molecule has 0 amide bonds. The van der Waals surface area contributed by atoms with E-state index in [1.807, 2.05) is 13.1 Å². The van der Waals surface area contributed by atoms with Crippen LogP contribution in [0.2, 0.25) is 0 Å². The quantitative estimate of drug-likeness (QED) is 0.775. The molecule has 0 saturated heterocycles. The molecular weight excluding hydrogens is 193 g/mol. The van der Waals surface area contributed by atoms with Gasteiger partial charge in [-0.2, -0.15) is 5.10 Å². The second kappa shape index (κ2) is 3.38. The molecule has 15 heavy (non-hydrogen) atoms. The Bertz CT molecular complexity index is 483. The zero-order valence-electron chi connectivity index (χ0n) is 8.66. The number of hydrogen-bond donors (Lipinski definition) is 1. The molecule has 1 aromatic heterocycles. The van der Waals surface area contributed by atoms with E-state index in [-0.39, 0.29) is 5.82 Å². The molecule has 0 radical (unpaired) electrons. The normalized spacial score (nSPS) is 10.6. The number of benzene rings is 1. The third kappa shape index (κ3) is 1.70. The minimum Gasteiger partial charge on any atom is -0.382 e. The van der Waals surface area contributed by atoms with E-state index in [0.29, 0.717) is 11.4 Å². The Kier molecular flexibility index (Phi) is 2.19. The minimum atomic E-state index is -0.212. The number of halogens is 1. The van der Waals surface area contributed by atoms with E-state index in [0.717, 1.165) is 11.3 Å². The van der Waals surface area contributed by atoms with Gasteiger partial charge in [-0.25, -0.2) is 9.07 Å². The van der Waals surface area contributed by atoms with Gasteiger partial charge >= 0.3 is 0 Å². The van der Waals surface area contributed by atoms with E-state index in [4.69, 9.17) is 5.73 Å². The number of hydrogen-bond acceptors (Lipinski definition) is 2. The lowest BCUT2D eigenvalue weighted by Crippen LogP contribution is -1.97. The van der Waals surface area contributed by atoms with Crippen molar-refractivity contribution in [1.82, 2.24) is 9.78 Å². The number of anilines is 1. The Morgan fingerprint density at radius 1 is 1.27 bits per heavy atom. The highest BCUT2D eigenvalue weighted by molar-refractivity contribution is 5.42. The summed E-state index contributed by atoms with van der Waals surface area (Å²) in [5.41, 5.74) is 7.96. The molecule has 0 bridgehead atoms. The Morgan fingerprint density at radius 2 is 2.00 bits per heavy atom. The van der Waals surface area contributed by atoms with Gasteiger partial charge in [-0.15, -0.1) is 0 Å². The van der Waals surface area contributed by atoms with E-state index in [1.165, 1.54) is 6.07 Å². The maximum Gasteiger partial charge on any atom is 0.148 e. The third-order valence-corrected chi connectivity index (χ3v) is 2.34. The maximum atomic E-state index is 13.0. The van der Waals surface area contributed by atoms with Crippen LogP contribution >= 0.6 is 0 Å². The van der Waals surface area contributed by atoms with Crippen LogP contribution in [0, 0.1) is 19.7 Å². The second-order valence-electron chi connectivity index (χ2n) is 3.58. The van der Waals surface area contributed by atoms with Crippen molar-refractivity contribution in [3.8, 4) is 5.69 Å². The molecule has 2 N–H and O–H groups in total. The van der Waals surface area contributed by atoms with Gasteiger partial charge in [0.05, 0.1) is 5.69 Å². The van der Waals surface area contributed by atoms with Crippen LogP contribution in [0.5, 0.6) is 0 Å². The molecule has 0 fully saturated rings. The van der Waals surface area contributed by atoms with Gasteiger partial charge in [-0.1, -0.05) is 0 Å². The molecule has 2 aromatic rings. The fraction of sp³-hybridized carbons (Fsp3) is 0.182. The molecule has 0 aliphatic heterocycles. The number of nitrogen functional groups attached to an aromatic ring is 1. The molecular formula is C11H12FN3. The van der Waals surface area contributed by atoms with Crippen LogP contribution in [0.1, 0.15) is 11.1 Å². The summed E-state index contributed by atoms with van der Waals surface area (Å²) in [4.78, 5) is 0. The van der Waals surface area contributed by atoms with Crippen molar-refractivity contribution in [1.29, 1.82) is 0 Å². The zero-order chi connectivity index (χ0) is 11.0. The van der Waals surface area contributed by atoms with Gasteiger partial charge in [0.25, 0.3) is 0 Å². The first kappa shape index (κ1) is 9.71. The van der Waals surface area contributed by atoms with Crippen LogP contribution in [0.25, 0.3) is 5.69 Å². The average molecular weight is 205 g/mol. The highest BCUT2D eigenvalue weighted by atomic mass is 19.1. The standard InChI is InChI=1S/C11H12FN3/c1-7-5-9(3-4-10(7)12)15-6-8(2)11(13)14-15/h3-6H,1-2H3,(H2,13,14). The molecule has 0 aliphatic rings. The summed E-state index contributed by atoms with van der Waals surface area (Å²) in [7, 11) is 0. The highest BCUT2D eigenvalue weighted by Crippen LogP contribution is 2.15. The molecule has 3 nitrogen and oxygen atoms in total. The van der Waals surface area contributed by atoms with Gasteiger partial charge in [0.15, 0.2) is 0 Å². The van der Waals surface area contributed by atoms with Gasteiger partial charge in [-0.3, -0.25) is 0 Å². The lowest BCUT2D eigenvalue weighted by atomic mass is 10.2. The molecule has 1 heterocycles. The van der Waals surface area contributed by atoms with Gasteiger partial charge in [0.1, 0.15) is 11.6 Å². The summed E-state index contributed by atoms with van der Waals surface area (Å²) in [5.74, 6) is 0.285. The summed E-state index contributed by atoms with van der Waals surface area (Å²) in [6.07, 6.45) is 1.82. The molecule has 78 valence electrons. The topological polar surface area (TPSA) is 43.8 Å². The van der Waals surface area contributed by atoms with Crippen LogP contribution in [0.4, 0.5) is 10.2 Å². The highest BCUT2D eigenvalue weighted by Gasteiger charge is 2.04. The van der Waals surface area contributed by atoms with Crippen molar-refractivity contribution in [2.75, 3.05) is 5.73 Å². The Labute approximate surface area is 87.3 Å². The Balaban J connectivity index is 2.49. The fourth-order valence-electron chi connectivity index (χ4n) is 1.38. The number of aryl methyl sites for hydroxylation is 2. The van der Waals surface area contributed by atoms with Crippen LogP contribution < -0.4 is 5.73 Å². The van der Waals surface area contributed by atoms with Crippen molar-refractivity contribution >= 4 is 5.82 Å². The fourth-order valence-corrected chi connectivity index (χ4v) is 1.38. The minimum absolute atomic E-state index is 0.212. The maximum absolute atomic E-state index is 13.0. The lowest BCUT2D eigenvalue weighted by Gasteiger charge is -2.02. The largest absolute Gasteiger partial charge is 0.382 e.